The maximum absolute atomic E-state index is 10.2. The summed E-state index contributed by atoms with van der Waals surface area (Å²) in [7, 11) is 0. The van der Waals surface area contributed by atoms with Crippen LogP contribution in [0, 0.1) is 33.6 Å². The van der Waals surface area contributed by atoms with E-state index in [1.165, 1.54) is 0 Å². The number of phenols is 1. The highest BCUT2D eigenvalue weighted by atomic mass is 16.3. The van der Waals surface area contributed by atoms with Crippen LogP contribution in [0.5, 0.6) is 5.75 Å². The second-order valence-corrected chi connectivity index (χ2v) is 4.95. The summed E-state index contributed by atoms with van der Waals surface area (Å²) in [6.07, 6.45) is -0.460. The number of benzene rings is 1. The van der Waals surface area contributed by atoms with Gasteiger partial charge in [0.2, 0.25) is 0 Å². The smallest absolute Gasteiger partial charge is 0.121 e. The minimum Gasteiger partial charge on any atom is -0.507 e. The van der Waals surface area contributed by atoms with E-state index in [2.05, 4.69) is 0 Å². The Labute approximate surface area is 97.9 Å². The number of rotatable bonds is 2. The summed E-state index contributed by atoms with van der Waals surface area (Å²) in [5, 5.41) is 20.1. The molecule has 0 radical (unpaired) electrons. The molecule has 1 aromatic rings. The van der Waals surface area contributed by atoms with Gasteiger partial charge in [0.15, 0.2) is 0 Å². The van der Waals surface area contributed by atoms with Crippen molar-refractivity contribution in [2.75, 3.05) is 0 Å². The molecule has 0 fully saturated rings. The average molecular weight is 222 g/mol. The predicted molar refractivity (Wildman–Crippen MR) is 66.9 cm³/mol. The summed E-state index contributed by atoms with van der Waals surface area (Å²) in [5.74, 6) is 0.537. The Hall–Kier alpha value is -1.02. The standard InChI is InChI=1S/C14H22O2/c1-7(2)13(15)12-8(3)10(5)14(16)11(6)9(12)4/h7,13,15-16H,1-6H3. The van der Waals surface area contributed by atoms with Gasteiger partial charge < -0.3 is 10.2 Å². The zero-order chi connectivity index (χ0) is 12.6. The van der Waals surface area contributed by atoms with Crippen LogP contribution >= 0.6 is 0 Å². The molecule has 0 aliphatic carbocycles. The first kappa shape index (κ1) is 13.0. The van der Waals surface area contributed by atoms with Crippen LogP contribution in [0.15, 0.2) is 0 Å². The molecule has 1 aromatic carbocycles. The highest BCUT2D eigenvalue weighted by Gasteiger charge is 2.21. The van der Waals surface area contributed by atoms with E-state index in [0.717, 1.165) is 27.8 Å². The third kappa shape index (κ3) is 1.94. The van der Waals surface area contributed by atoms with Crippen LogP contribution in [0.1, 0.15) is 47.8 Å². The fourth-order valence-electron chi connectivity index (χ4n) is 2.10. The molecule has 16 heavy (non-hydrogen) atoms. The van der Waals surface area contributed by atoms with E-state index in [9.17, 15) is 10.2 Å². The highest BCUT2D eigenvalue weighted by Crippen LogP contribution is 2.36. The van der Waals surface area contributed by atoms with Gasteiger partial charge in [-0.25, -0.2) is 0 Å². The van der Waals surface area contributed by atoms with Gasteiger partial charge in [0.05, 0.1) is 6.10 Å². The van der Waals surface area contributed by atoms with Crippen molar-refractivity contribution in [2.24, 2.45) is 5.92 Å². The fourth-order valence-corrected chi connectivity index (χ4v) is 2.10. The van der Waals surface area contributed by atoms with E-state index in [4.69, 9.17) is 0 Å². The number of aliphatic hydroxyl groups is 1. The molecule has 0 bridgehead atoms. The molecule has 1 atom stereocenters. The lowest BCUT2D eigenvalue weighted by Crippen LogP contribution is -2.11. The van der Waals surface area contributed by atoms with Gasteiger partial charge >= 0.3 is 0 Å². The summed E-state index contributed by atoms with van der Waals surface area (Å²) < 4.78 is 0. The van der Waals surface area contributed by atoms with E-state index in [1.807, 2.05) is 41.5 Å². The van der Waals surface area contributed by atoms with Gasteiger partial charge in [-0.3, -0.25) is 0 Å². The zero-order valence-corrected chi connectivity index (χ0v) is 11.0. The average Bonchev–Trinajstić information content (AvgIpc) is 2.23. The lowest BCUT2D eigenvalue weighted by molar-refractivity contribution is 0.125. The van der Waals surface area contributed by atoms with Crippen LogP contribution in [0.4, 0.5) is 0 Å². The Morgan fingerprint density at radius 2 is 1.19 bits per heavy atom. The molecule has 0 amide bonds. The largest absolute Gasteiger partial charge is 0.507 e. The van der Waals surface area contributed by atoms with Crippen molar-refractivity contribution in [3.8, 4) is 5.75 Å². The molecular formula is C14H22O2. The molecule has 0 aliphatic rings. The van der Waals surface area contributed by atoms with Gasteiger partial charge in [-0.15, -0.1) is 0 Å². The quantitative estimate of drug-likeness (QED) is 0.806. The molecule has 0 spiro atoms. The Bertz CT molecular complexity index is 377. The number of hydrogen-bond acceptors (Lipinski definition) is 2. The molecule has 0 aromatic heterocycles. The molecule has 2 nitrogen and oxygen atoms in total. The monoisotopic (exact) mass is 222 g/mol. The maximum Gasteiger partial charge on any atom is 0.121 e. The molecule has 0 aliphatic heterocycles. The van der Waals surface area contributed by atoms with Crippen molar-refractivity contribution in [1.29, 1.82) is 0 Å². The minimum atomic E-state index is -0.460. The molecule has 90 valence electrons. The first-order valence-electron chi connectivity index (χ1n) is 5.76. The topological polar surface area (TPSA) is 40.5 Å². The predicted octanol–water partition coefficient (Wildman–Crippen LogP) is 3.32. The molecule has 2 N–H and O–H groups in total. The summed E-state index contributed by atoms with van der Waals surface area (Å²) in [6, 6.07) is 0. The third-order valence-corrected chi connectivity index (χ3v) is 3.57. The van der Waals surface area contributed by atoms with Gasteiger partial charge in [0, 0.05) is 0 Å². The first-order valence-corrected chi connectivity index (χ1v) is 5.76. The van der Waals surface area contributed by atoms with Crippen molar-refractivity contribution in [2.45, 2.75) is 47.6 Å². The fraction of sp³-hybridized carbons (Fsp3) is 0.571. The van der Waals surface area contributed by atoms with Crippen molar-refractivity contribution >= 4 is 0 Å². The molecule has 0 saturated heterocycles. The van der Waals surface area contributed by atoms with Crippen LogP contribution in [0.25, 0.3) is 0 Å². The van der Waals surface area contributed by atoms with E-state index in [1.54, 1.807) is 0 Å². The van der Waals surface area contributed by atoms with Crippen molar-refractivity contribution in [3.05, 3.63) is 27.8 Å². The van der Waals surface area contributed by atoms with E-state index in [0.29, 0.717) is 5.75 Å². The van der Waals surface area contributed by atoms with Crippen LogP contribution in [-0.2, 0) is 0 Å². The van der Waals surface area contributed by atoms with Crippen LogP contribution in [0.2, 0.25) is 0 Å². The Balaban J connectivity index is 3.51. The third-order valence-electron chi connectivity index (χ3n) is 3.57. The van der Waals surface area contributed by atoms with E-state index >= 15 is 0 Å². The van der Waals surface area contributed by atoms with Crippen LogP contribution in [0.3, 0.4) is 0 Å². The summed E-state index contributed by atoms with van der Waals surface area (Å²) in [4.78, 5) is 0. The summed E-state index contributed by atoms with van der Waals surface area (Å²) in [5.41, 5.74) is 4.72. The van der Waals surface area contributed by atoms with Gasteiger partial charge in [-0.05, 0) is 61.4 Å². The molecule has 0 saturated carbocycles. The lowest BCUT2D eigenvalue weighted by atomic mass is 9.86. The molecule has 1 rings (SSSR count). The summed E-state index contributed by atoms with van der Waals surface area (Å²) >= 11 is 0. The lowest BCUT2D eigenvalue weighted by Gasteiger charge is -2.23. The highest BCUT2D eigenvalue weighted by molar-refractivity contribution is 5.54. The SMILES string of the molecule is Cc1c(C)c(C(O)C(C)C)c(C)c(C)c1O. The number of hydrogen-bond donors (Lipinski definition) is 2. The summed E-state index contributed by atoms with van der Waals surface area (Å²) in [6.45, 7) is 11.7. The van der Waals surface area contributed by atoms with Crippen molar-refractivity contribution < 1.29 is 10.2 Å². The first-order chi connectivity index (χ1) is 7.29. The van der Waals surface area contributed by atoms with E-state index in [-0.39, 0.29) is 5.92 Å². The minimum absolute atomic E-state index is 0.181. The molecular weight excluding hydrogens is 200 g/mol. The van der Waals surface area contributed by atoms with Gasteiger partial charge in [0.1, 0.15) is 5.75 Å². The second kappa shape index (κ2) is 4.46. The molecule has 0 heterocycles. The Morgan fingerprint density at radius 3 is 1.50 bits per heavy atom. The van der Waals surface area contributed by atoms with Gasteiger partial charge in [-0.2, -0.15) is 0 Å². The number of aliphatic hydroxyl groups excluding tert-OH is 1. The van der Waals surface area contributed by atoms with Gasteiger partial charge in [0.25, 0.3) is 0 Å². The maximum atomic E-state index is 10.2. The molecule has 2 heteroatoms. The Morgan fingerprint density at radius 1 is 0.812 bits per heavy atom. The van der Waals surface area contributed by atoms with Gasteiger partial charge in [-0.1, -0.05) is 13.8 Å². The second-order valence-electron chi connectivity index (χ2n) is 4.95. The molecule has 1 unspecified atom stereocenters. The Kier molecular flexibility index (Phi) is 3.64. The van der Waals surface area contributed by atoms with Crippen molar-refractivity contribution in [1.82, 2.24) is 0 Å². The van der Waals surface area contributed by atoms with E-state index < -0.39 is 6.10 Å². The number of phenolic OH excluding ortho intramolecular Hbond substituents is 1. The van der Waals surface area contributed by atoms with Crippen molar-refractivity contribution in [3.63, 3.8) is 0 Å². The van der Waals surface area contributed by atoms with Crippen LogP contribution < -0.4 is 0 Å². The van der Waals surface area contributed by atoms with Crippen LogP contribution in [-0.4, -0.2) is 10.2 Å². The zero-order valence-electron chi connectivity index (χ0n) is 11.0. The normalized spacial score (nSPS) is 13.2. The number of aromatic hydroxyl groups is 1.